The second-order valence-electron chi connectivity index (χ2n) is 7.33. The SMILES string of the molecule is CCOC(=O)c1cccc(N2C(=S)NC3CC2(C)Oc2ccc(C(=O)OC)cc23)c1. The molecule has 0 aromatic heterocycles. The van der Waals surface area contributed by atoms with E-state index in [-0.39, 0.29) is 12.0 Å². The summed E-state index contributed by atoms with van der Waals surface area (Å²) in [5, 5.41) is 3.82. The largest absolute Gasteiger partial charge is 0.467 e. The van der Waals surface area contributed by atoms with E-state index in [9.17, 15) is 9.59 Å². The zero-order chi connectivity index (χ0) is 21.5. The van der Waals surface area contributed by atoms with Crippen molar-refractivity contribution in [2.45, 2.75) is 32.0 Å². The minimum absolute atomic E-state index is 0.111. The van der Waals surface area contributed by atoms with Crippen LogP contribution in [0.3, 0.4) is 0 Å². The summed E-state index contributed by atoms with van der Waals surface area (Å²) in [5.74, 6) is -0.117. The van der Waals surface area contributed by atoms with Gasteiger partial charge in [-0.3, -0.25) is 4.90 Å². The molecule has 0 amide bonds. The van der Waals surface area contributed by atoms with E-state index in [4.69, 9.17) is 26.4 Å². The number of thiocarbonyl (C=S) groups is 1. The molecule has 7 nitrogen and oxygen atoms in total. The third kappa shape index (κ3) is 3.37. The first kappa shape index (κ1) is 20.2. The minimum Gasteiger partial charge on any atom is -0.467 e. The van der Waals surface area contributed by atoms with E-state index in [2.05, 4.69) is 5.32 Å². The molecule has 2 unspecified atom stereocenters. The van der Waals surface area contributed by atoms with E-state index in [0.29, 0.717) is 35.0 Å². The number of nitrogens with zero attached hydrogens (tertiary/aromatic N) is 1. The molecule has 1 N–H and O–H groups in total. The predicted molar refractivity (Wildman–Crippen MR) is 115 cm³/mol. The molecule has 2 aliphatic heterocycles. The number of hydrogen-bond acceptors (Lipinski definition) is 6. The number of benzene rings is 2. The van der Waals surface area contributed by atoms with Crippen LogP contribution in [0.15, 0.2) is 42.5 Å². The summed E-state index contributed by atoms with van der Waals surface area (Å²) in [6.07, 6.45) is 0.592. The normalized spacial score (nSPS) is 21.8. The maximum atomic E-state index is 12.2. The number of hydrogen-bond donors (Lipinski definition) is 1. The highest BCUT2D eigenvalue weighted by atomic mass is 32.1. The van der Waals surface area contributed by atoms with Crippen LogP contribution in [0.1, 0.15) is 52.6 Å². The number of rotatable bonds is 4. The van der Waals surface area contributed by atoms with Gasteiger partial charge in [0.25, 0.3) is 0 Å². The molecule has 2 bridgehead atoms. The molecule has 0 spiro atoms. The van der Waals surface area contributed by atoms with Crippen LogP contribution in [0.4, 0.5) is 5.69 Å². The molecule has 1 fully saturated rings. The molecular formula is C22H22N2O5S. The average molecular weight is 426 g/mol. The van der Waals surface area contributed by atoms with Crippen LogP contribution in [-0.2, 0) is 9.47 Å². The fraction of sp³-hybridized carbons (Fsp3) is 0.318. The molecule has 2 aromatic carbocycles. The number of nitrogens with one attached hydrogen (secondary N) is 1. The lowest BCUT2D eigenvalue weighted by atomic mass is 9.89. The van der Waals surface area contributed by atoms with Gasteiger partial charge in [0, 0.05) is 17.7 Å². The van der Waals surface area contributed by atoms with Gasteiger partial charge in [0.1, 0.15) is 5.75 Å². The molecule has 4 rings (SSSR count). The number of anilines is 1. The van der Waals surface area contributed by atoms with Crippen LogP contribution in [0.5, 0.6) is 5.75 Å². The van der Waals surface area contributed by atoms with Crippen molar-refractivity contribution < 1.29 is 23.8 Å². The fourth-order valence-electron chi connectivity index (χ4n) is 4.00. The highest BCUT2D eigenvalue weighted by molar-refractivity contribution is 7.80. The Morgan fingerprint density at radius 2 is 2.00 bits per heavy atom. The third-order valence-electron chi connectivity index (χ3n) is 5.31. The quantitative estimate of drug-likeness (QED) is 0.587. The van der Waals surface area contributed by atoms with Crippen LogP contribution < -0.4 is 15.0 Å². The summed E-state index contributed by atoms with van der Waals surface area (Å²) in [4.78, 5) is 26.0. The van der Waals surface area contributed by atoms with E-state index in [1.165, 1.54) is 7.11 Å². The molecular weight excluding hydrogens is 404 g/mol. The predicted octanol–water partition coefficient (Wildman–Crippen LogP) is 3.58. The van der Waals surface area contributed by atoms with E-state index in [0.717, 1.165) is 11.3 Å². The van der Waals surface area contributed by atoms with Gasteiger partial charge in [0.05, 0.1) is 30.9 Å². The van der Waals surface area contributed by atoms with Gasteiger partial charge < -0.3 is 19.5 Å². The first-order chi connectivity index (χ1) is 14.4. The summed E-state index contributed by atoms with van der Waals surface area (Å²) >= 11 is 5.66. The second kappa shape index (κ2) is 7.60. The molecule has 2 atom stereocenters. The lowest BCUT2D eigenvalue weighted by Gasteiger charge is -2.52. The smallest absolute Gasteiger partial charge is 0.338 e. The minimum atomic E-state index is -0.764. The average Bonchev–Trinajstić information content (AvgIpc) is 2.72. The molecule has 8 heteroatoms. The van der Waals surface area contributed by atoms with E-state index in [1.807, 2.05) is 17.9 Å². The standard InChI is InChI=1S/C22H22N2O5S/c1-4-28-20(26)13-6-5-7-15(10-13)24-21(30)23-17-12-22(24,2)29-18-9-8-14(11-16(17)18)19(25)27-3/h5-11,17H,4,12H2,1-3H3,(H,23,30). The zero-order valence-electron chi connectivity index (χ0n) is 16.9. The molecule has 1 saturated heterocycles. The highest BCUT2D eigenvalue weighted by Crippen LogP contribution is 2.46. The molecule has 2 aromatic rings. The van der Waals surface area contributed by atoms with Crippen LogP contribution >= 0.6 is 12.2 Å². The topological polar surface area (TPSA) is 77.1 Å². The molecule has 2 heterocycles. The Hall–Kier alpha value is -3.13. The van der Waals surface area contributed by atoms with Gasteiger partial charge in [0.2, 0.25) is 0 Å². The van der Waals surface area contributed by atoms with E-state index in [1.54, 1.807) is 43.3 Å². The highest BCUT2D eigenvalue weighted by Gasteiger charge is 2.48. The number of esters is 2. The van der Waals surface area contributed by atoms with Crippen molar-refractivity contribution in [3.05, 3.63) is 59.2 Å². The number of fused-ring (bicyclic) bond motifs is 4. The first-order valence-electron chi connectivity index (χ1n) is 9.65. The first-order valence-corrected chi connectivity index (χ1v) is 10.1. The van der Waals surface area contributed by atoms with Gasteiger partial charge in [-0.15, -0.1) is 0 Å². The van der Waals surface area contributed by atoms with Crippen molar-refractivity contribution in [3.63, 3.8) is 0 Å². The lowest BCUT2D eigenvalue weighted by Crippen LogP contribution is -2.65. The Bertz CT molecular complexity index is 1040. The number of carbonyl (C=O) groups excluding carboxylic acids is 2. The molecule has 2 aliphatic rings. The number of methoxy groups -OCH3 is 1. The van der Waals surface area contributed by atoms with Gasteiger partial charge in [-0.25, -0.2) is 9.59 Å². The van der Waals surface area contributed by atoms with Crippen molar-refractivity contribution in [3.8, 4) is 5.75 Å². The Morgan fingerprint density at radius 1 is 1.23 bits per heavy atom. The maximum absolute atomic E-state index is 12.2. The fourth-order valence-corrected chi connectivity index (χ4v) is 4.44. The van der Waals surface area contributed by atoms with E-state index >= 15 is 0 Å². The Kier molecular flexibility index (Phi) is 5.11. The van der Waals surface area contributed by atoms with Gasteiger partial charge in [-0.1, -0.05) is 6.07 Å². The van der Waals surface area contributed by atoms with Gasteiger partial charge in [-0.2, -0.15) is 0 Å². The number of ether oxygens (including phenoxy) is 3. The Morgan fingerprint density at radius 3 is 2.73 bits per heavy atom. The van der Waals surface area contributed by atoms with Crippen molar-refractivity contribution >= 4 is 35.0 Å². The zero-order valence-corrected chi connectivity index (χ0v) is 17.7. The Labute approximate surface area is 179 Å². The second-order valence-corrected chi connectivity index (χ2v) is 7.72. The Balaban J connectivity index is 1.70. The molecule has 30 heavy (non-hydrogen) atoms. The summed E-state index contributed by atoms with van der Waals surface area (Å²) in [7, 11) is 1.35. The third-order valence-corrected chi connectivity index (χ3v) is 5.61. The lowest BCUT2D eigenvalue weighted by molar-refractivity contribution is 0.0487. The van der Waals surface area contributed by atoms with Crippen molar-refractivity contribution in [2.24, 2.45) is 0 Å². The van der Waals surface area contributed by atoms with E-state index < -0.39 is 11.7 Å². The van der Waals surface area contributed by atoms with Crippen molar-refractivity contribution in [2.75, 3.05) is 18.6 Å². The summed E-state index contributed by atoms with van der Waals surface area (Å²) in [6.45, 7) is 4.03. The van der Waals surface area contributed by atoms with Gasteiger partial charge in [0.15, 0.2) is 10.8 Å². The van der Waals surface area contributed by atoms with Gasteiger partial charge in [-0.05, 0) is 62.5 Å². The van der Waals surface area contributed by atoms with Crippen molar-refractivity contribution in [1.82, 2.24) is 5.32 Å². The molecule has 156 valence electrons. The monoisotopic (exact) mass is 426 g/mol. The van der Waals surface area contributed by atoms with Crippen LogP contribution in [0.25, 0.3) is 0 Å². The summed E-state index contributed by atoms with van der Waals surface area (Å²) in [5.41, 5.74) is 1.73. The summed E-state index contributed by atoms with van der Waals surface area (Å²) < 4.78 is 16.3. The maximum Gasteiger partial charge on any atom is 0.338 e. The molecule has 0 aliphatic carbocycles. The molecule has 0 radical (unpaired) electrons. The molecule has 0 saturated carbocycles. The van der Waals surface area contributed by atoms with Gasteiger partial charge >= 0.3 is 11.9 Å². The number of carbonyl (C=O) groups is 2. The summed E-state index contributed by atoms with van der Waals surface area (Å²) in [6, 6.07) is 12.2. The van der Waals surface area contributed by atoms with Crippen molar-refractivity contribution in [1.29, 1.82) is 0 Å². The van der Waals surface area contributed by atoms with Crippen LogP contribution in [0.2, 0.25) is 0 Å². The van der Waals surface area contributed by atoms with Crippen LogP contribution in [-0.4, -0.2) is 36.5 Å². The van der Waals surface area contributed by atoms with Crippen LogP contribution in [0, 0.1) is 0 Å².